The van der Waals surface area contributed by atoms with Gasteiger partial charge in [-0.15, -0.1) is 24.0 Å². The van der Waals surface area contributed by atoms with Crippen LogP contribution in [0.25, 0.3) is 0 Å². The van der Waals surface area contributed by atoms with Gasteiger partial charge in [-0.05, 0) is 52.6 Å². The third-order valence-electron chi connectivity index (χ3n) is 3.07. The molecule has 4 nitrogen and oxygen atoms in total. The number of guanidine groups is 1. The largest absolute Gasteiger partial charge is 0.357 e. The quantitative estimate of drug-likeness (QED) is 0.421. The molecule has 0 spiro atoms. The molecule has 2 N–H and O–H groups in total. The van der Waals surface area contributed by atoms with Gasteiger partial charge in [0.2, 0.25) is 0 Å². The molecule has 6 heteroatoms. The zero-order chi connectivity index (χ0) is 15.8. The van der Waals surface area contributed by atoms with E-state index in [1.165, 1.54) is 12.1 Å². The van der Waals surface area contributed by atoms with Crippen LogP contribution in [0.2, 0.25) is 0 Å². The van der Waals surface area contributed by atoms with Crippen LogP contribution in [0.15, 0.2) is 29.3 Å². The highest BCUT2D eigenvalue weighted by molar-refractivity contribution is 14.0. The van der Waals surface area contributed by atoms with Gasteiger partial charge in [-0.2, -0.15) is 0 Å². The topological polar surface area (TPSA) is 39.7 Å². The molecule has 0 aliphatic heterocycles. The first-order chi connectivity index (χ1) is 9.93. The minimum atomic E-state index is -0.213. The molecule has 0 aromatic heterocycles. The number of aliphatic imine (C=N–C) groups is 1. The van der Waals surface area contributed by atoms with Crippen molar-refractivity contribution in [2.24, 2.45) is 4.99 Å². The van der Waals surface area contributed by atoms with Gasteiger partial charge in [-0.1, -0.05) is 12.1 Å². The Morgan fingerprint density at radius 2 is 1.82 bits per heavy atom. The SMILES string of the molecule is CCNC(=NCC(c1ccc(F)cc1)N(C)C)NC(C)C.I. The van der Waals surface area contributed by atoms with Crippen molar-refractivity contribution in [1.29, 1.82) is 0 Å². The zero-order valence-electron chi connectivity index (χ0n) is 14.1. The van der Waals surface area contributed by atoms with E-state index in [2.05, 4.69) is 34.4 Å². The third kappa shape index (κ3) is 7.40. The first-order valence-corrected chi connectivity index (χ1v) is 7.40. The van der Waals surface area contributed by atoms with Gasteiger partial charge in [0.15, 0.2) is 5.96 Å². The van der Waals surface area contributed by atoms with Crippen LogP contribution in [-0.4, -0.2) is 44.1 Å². The number of halogens is 2. The summed E-state index contributed by atoms with van der Waals surface area (Å²) < 4.78 is 13.0. The van der Waals surface area contributed by atoms with Crippen LogP contribution in [0.3, 0.4) is 0 Å². The summed E-state index contributed by atoms with van der Waals surface area (Å²) in [4.78, 5) is 6.73. The summed E-state index contributed by atoms with van der Waals surface area (Å²) in [5.74, 6) is 0.594. The molecule has 0 bridgehead atoms. The minimum absolute atomic E-state index is 0. The second-order valence-electron chi connectivity index (χ2n) is 5.55. The van der Waals surface area contributed by atoms with E-state index in [0.717, 1.165) is 18.1 Å². The van der Waals surface area contributed by atoms with Crippen LogP contribution >= 0.6 is 24.0 Å². The lowest BCUT2D eigenvalue weighted by Crippen LogP contribution is -2.41. The van der Waals surface area contributed by atoms with Crippen LogP contribution < -0.4 is 10.6 Å². The molecular formula is C16H28FIN4. The molecule has 0 fully saturated rings. The maximum atomic E-state index is 13.0. The van der Waals surface area contributed by atoms with Gasteiger partial charge in [0.1, 0.15) is 5.82 Å². The second kappa shape index (κ2) is 10.8. The van der Waals surface area contributed by atoms with Gasteiger partial charge in [0.05, 0.1) is 12.6 Å². The molecule has 0 saturated heterocycles. The van der Waals surface area contributed by atoms with Crippen LogP contribution in [0, 0.1) is 5.82 Å². The summed E-state index contributed by atoms with van der Waals surface area (Å²) in [7, 11) is 4.01. The van der Waals surface area contributed by atoms with E-state index in [4.69, 9.17) is 0 Å². The van der Waals surface area contributed by atoms with E-state index in [0.29, 0.717) is 12.6 Å². The Kier molecular flexibility index (Phi) is 10.3. The standard InChI is InChI=1S/C16H27FN4.HI/c1-6-18-16(20-12(2)3)19-11-15(21(4)5)13-7-9-14(17)10-8-13;/h7-10,12,15H,6,11H2,1-5H3,(H2,18,19,20);1H. The maximum absolute atomic E-state index is 13.0. The van der Waals surface area contributed by atoms with Crippen molar-refractivity contribution in [1.82, 2.24) is 15.5 Å². The highest BCUT2D eigenvalue weighted by Gasteiger charge is 2.14. The molecule has 1 atom stereocenters. The number of benzene rings is 1. The molecule has 0 amide bonds. The Balaban J connectivity index is 0.00000441. The number of nitrogens with zero attached hydrogens (tertiary/aromatic N) is 2. The van der Waals surface area contributed by atoms with E-state index in [1.807, 2.05) is 33.2 Å². The molecule has 0 saturated carbocycles. The summed E-state index contributed by atoms with van der Waals surface area (Å²) in [5.41, 5.74) is 1.06. The Bertz CT molecular complexity index is 446. The van der Waals surface area contributed by atoms with Crippen molar-refractivity contribution in [2.75, 3.05) is 27.2 Å². The Morgan fingerprint density at radius 1 is 1.23 bits per heavy atom. The Morgan fingerprint density at radius 3 is 2.27 bits per heavy atom. The van der Waals surface area contributed by atoms with Gasteiger partial charge in [-0.3, -0.25) is 4.99 Å². The van der Waals surface area contributed by atoms with Crippen molar-refractivity contribution in [3.8, 4) is 0 Å². The number of nitrogens with one attached hydrogen (secondary N) is 2. The van der Waals surface area contributed by atoms with Crippen LogP contribution in [-0.2, 0) is 0 Å². The van der Waals surface area contributed by atoms with E-state index >= 15 is 0 Å². The highest BCUT2D eigenvalue weighted by Crippen LogP contribution is 2.18. The van der Waals surface area contributed by atoms with E-state index in [9.17, 15) is 4.39 Å². The predicted octanol–water partition coefficient (Wildman–Crippen LogP) is 3.01. The number of hydrogen-bond donors (Lipinski definition) is 2. The Labute approximate surface area is 150 Å². The average Bonchev–Trinajstić information content (AvgIpc) is 2.40. The molecule has 1 aromatic rings. The third-order valence-corrected chi connectivity index (χ3v) is 3.07. The highest BCUT2D eigenvalue weighted by atomic mass is 127. The van der Waals surface area contributed by atoms with Crippen molar-refractivity contribution < 1.29 is 4.39 Å². The minimum Gasteiger partial charge on any atom is -0.357 e. The molecule has 1 unspecified atom stereocenters. The smallest absolute Gasteiger partial charge is 0.191 e. The molecule has 0 aliphatic rings. The van der Waals surface area contributed by atoms with Crippen molar-refractivity contribution in [3.05, 3.63) is 35.6 Å². The summed E-state index contributed by atoms with van der Waals surface area (Å²) >= 11 is 0. The first-order valence-electron chi connectivity index (χ1n) is 7.40. The zero-order valence-corrected chi connectivity index (χ0v) is 16.4. The molecule has 1 rings (SSSR count). The first kappa shape index (κ1) is 21.1. The summed E-state index contributed by atoms with van der Waals surface area (Å²) in [6.45, 7) is 7.63. The monoisotopic (exact) mass is 422 g/mol. The van der Waals surface area contributed by atoms with Gasteiger partial charge >= 0.3 is 0 Å². The summed E-state index contributed by atoms with van der Waals surface area (Å²) in [6.07, 6.45) is 0. The van der Waals surface area contributed by atoms with Crippen molar-refractivity contribution in [2.45, 2.75) is 32.9 Å². The summed E-state index contributed by atoms with van der Waals surface area (Å²) in [5, 5.41) is 6.53. The number of hydrogen-bond acceptors (Lipinski definition) is 2. The number of likely N-dealkylation sites (N-methyl/N-ethyl adjacent to an activating group) is 1. The second-order valence-corrected chi connectivity index (χ2v) is 5.55. The molecule has 0 radical (unpaired) electrons. The molecule has 22 heavy (non-hydrogen) atoms. The fourth-order valence-electron chi connectivity index (χ4n) is 2.02. The lowest BCUT2D eigenvalue weighted by molar-refractivity contribution is 0.306. The molecule has 0 aliphatic carbocycles. The molecule has 0 heterocycles. The van der Waals surface area contributed by atoms with Gasteiger partial charge in [-0.25, -0.2) is 4.39 Å². The van der Waals surface area contributed by atoms with Gasteiger partial charge in [0.25, 0.3) is 0 Å². The molecular weight excluding hydrogens is 394 g/mol. The van der Waals surface area contributed by atoms with Crippen LogP contribution in [0.4, 0.5) is 4.39 Å². The van der Waals surface area contributed by atoms with E-state index in [1.54, 1.807) is 0 Å². The molecule has 1 aromatic carbocycles. The normalized spacial score (nSPS) is 13.0. The van der Waals surface area contributed by atoms with Gasteiger partial charge < -0.3 is 15.5 Å². The fraction of sp³-hybridized carbons (Fsp3) is 0.562. The lowest BCUT2D eigenvalue weighted by atomic mass is 10.1. The van der Waals surface area contributed by atoms with Crippen molar-refractivity contribution >= 4 is 29.9 Å². The van der Waals surface area contributed by atoms with E-state index in [-0.39, 0.29) is 35.8 Å². The number of rotatable bonds is 6. The van der Waals surface area contributed by atoms with E-state index < -0.39 is 0 Å². The predicted molar refractivity (Wildman–Crippen MR) is 102 cm³/mol. The van der Waals surface area contributed by atoms with Crippen molar-refractivity contribution in [3.63, 3.8) is 0 Å². The molecule has 126 valence electrons. The average molecular weight is 422 g/mol. The summed E-state index contributed by atoms with van der Waals surface area (Å²) in [6, 6.07) is 7.07. The van der Waals surface area contributed by atoms with Crippen LogP contribution in [0.5, 0.6) is 0 Å². The Hall–Kier alpha value is -0.890. The van der Waals surface area contributed by atoms with Crippen LogP contribution in [0.1, 0.15) is 32.4 Å². The maximum Gasteiger partial charge on any atom is 0.191 e. The van der Waals surface area contributed by atoms with Gasteiger partial charge in [0, 0.05) is 12.6 Å². The lowest BCUT2D eigenvalue weighted by Gasteiger charge is -2.24. The fourth-order valence-corrected chi connectivity index (χ4v) is 2.02.